The molecule has 0 spiro atoms. The van der Waals surface area contributed by atoms with Gasteiger partial charge in [0.2, 0.25) is 0 Å². The minimum absolute atomic E-state index is 0.0109. The molecule has 2 rings (SSSR count). The van der Waals surface area contributed by atoms with E-state index >= 15 is 0 Å². The molecule has 1 saturated carbocycles. The largest absolute Gasteiger partial charge is 0.371 e. The number of benzene rings is 1. The first-order valence-electron chi connectivity index (χ1n) is 5.79. The van der Waals surface area contributed by atoms with Crippen molar-refractivity contribution in [2.75, 3.05) is 6.61 Å². The molecule has 0 bridgehead atoms. The lowest BCUT2D eigenvalue weighted by Gasteiger charge is -2.19. The van der Waals surface area contributed by atoms with E-state index in [-0.39, 0.29) is 11.7 Å². The van der Waals surface area contributed by atoms with Gasteiger partial charge in [-0.15, -0.1) is 0 Å². The van der Waals surface area contributed by atoms with Crippen LogP contribution in [-0.4, -0.2) is 12.7 Å². The highest BCUT2D eigenvalue weighted by molar-refractivity contribution is 5.20. The van der Waals surface area contributed by atoms with Crippen molar-refractivity contribution < 1.29 is 13.5 Å². The Bertz CT molecular complexity index is 386. The van der Waals surface area contributed by atoms with E-state index in [1.54, 1.807) is 18.2 Å². The molecule has 3 heteroatoms. The molecular weight excluding hydrogens is 222 g/mol. The number of halogens is 2. The molecule has 0 heterocycles. The predicted octanol–water partition coefficient (Wildman–Crippen LogP) is 3.90. The number of alkyl halides is 2. The minimum atomic E-state index is -2.91. The van der Waals surface area contributed by atoms with E-state index in [9.17, 15) is 8.78 Å². The van der Waals surface area contributed by atoms with Crippen molar-refractivity contribution in [2.45, 2.75) is 31.3 Å². The van der Waals surface area contributed by atoms with Gasteiger partial charge in [-0.1, -0.05) is 42.5 Å². The van der Waals surface area contributed by atoms with E-state index in [2.05, 4.69) is 6.58 Å². The molecule has 0 aliphatic heterocycles. The van der Waals surface area contributed by atoms with Crippen LogP contribution in [0, 0.1) is 0 Å². The fraction of sp³-hybridized carbons (Fsp3) is 0.429. The number of hydrogen-bond donors (Lipinski definition) is 0. The molecule has 0 amide bonds. The third kappa shape index (κ3) is 3.13. The summed E-state index contributed by atoms with van der Waals surface area (Å²) < 4.78 is 32.8. The van der Waals surface area contributed by atoms with Gasteiger partial charge in [0, 0.05) is 5.56 Å². The molecule has 92 valence electrons. The van der Waals surface area contributed by atoms with Gasteiger partial charge in [0.25, 0.3) is 5.92 Å². The summed E-state index contributed by atoms with van der Waals surface area (Å²) in [7, 11) is 0. The summed E-state index contributed by atoms with van der Waals surface area (Å²) in [5.74, 6) is -2.91. The molecule has 1 aromatic rings. The van der Waals surface area contributed by atoms with E-state index in [0.717, 1.165) is 18.4 Å². The topological polar surface area (TPSA) is 9.23 Å². The van der Waals surface area contributed by atoms with Crippen LogP contribution in [0.2, 0.25) is 0 Å². The fourth-order valence-corrected chi connectivity index (χ4v) is 2.02. The van der Waals surface area contributed by atoms with Crippen molar-refractivity contribution in [3.8, 4) is 0 Å². The van der Waals surface area contributed by atoms with E-state index in [4.69, 9.17) is 4.74 Å². The normalized spacial score (nSPS) is 20.8. The zero-order chi connectivity index (χ0) is 12.3. The van der Waals surface area contributed by atoms with Gasteiger partial charge in [0.05, 0.1) is 6.10 Å². The van der Waals surface area contributed by atoms with E-state index in [1.807, 2.05) is 0 Å². The first-order valence-corrected chi connectivity index (χ1v) is 5.79. The molecule has 0 aromatic heterocycles. The Balaban J connectivity index is 1.91. The summed E-state index contributed by atoms with van der Waals surface area (Å²) >= 11 is 0. The molecule has 17 heavy (non-hydrogen) atoms. The van der Waals surface area contributed by atoms with Gasteiger partial charge in [-0.05, 0) is 19.3 Å². The summed E-state index contributed by atoms with van der Waals surface area (Å²) in [6.07, 6.45) is 2.33. The second-order valence-electron chi connectivity index (χ2n) is 4.50. The first-order chi connectivity index (χ1) is 8.08. The van der Waals surface area contributed by atoms with Crippen LogP contribution in [0.4, 0.5) is 8.78 Å². The van der Waals surface area contributed by atoms with Crippen molar-refractivity contribution in [3.05, 3.63) is 48.0 Å². The Kier molecular flexibility index (Phi) is 3.57. The fourth-order valence-electron chi connectivity index (χ4n) is 2.02. The van der Waals surface area contributed by atoms with Crippen molar-refractivity contribution in [1.29, 1.82) is 0 Å². The van der Waals surface area contributed by atoms with Crippen LogP contribution < -0.4 is 0 Å². The second kappa shape index (κ2) is 4.96. The van der Waals surface area contributed by atoms with Crippen LogP contribution in [0.15, 0.2) is 42.5 Å². The van der Waals surface area contributed by atoms with Crippen LogP contribution in [0.3, 0.4) is 0 Å². The Morgan fingerprint density at radius 2 is 2.00 bits per heavy atom. The van der Waals surface area contributed by atoms with E-state index in [0.29, 0.717) is 6.42 Å². The van der Waals surface area contributed by atoms with Crippen LogP contribution in [-0.2, 0) is 10.7 Å². The van der Waals surface area contributed by atoms with Gasteiger partial charge >= 0.3 is 0 Å². The highest BCUT2D eigenvalue weighted by Gasteiger charge is 2.33. The second-order valence-corrected chi connectivity index (χ2v) is 4.50. The smallest absolute Gasteiger partial charge is 0.296 e. The van der Waals surface area contributed by atoms with Crippen molar-refractivity contribution in [1.82, 2.24) is 0 Å². The lowest BCUT2D eigenvalue weighted by molar-refractivity contribution is -0.103. The highest BCUT2D eigenvalue weighted by atomic mass is 19.3. The summed E-state index contributed by atoms with van der Waals surface area (Å²) in [6.45, 7) is 3.29. The Morgan fingerprint density at radius 1 is 1.29 bits per heavy atom. The third-order valence-corrected chi connectivity index (χ3v) is 3.03. The van der Waals surface area contributed by atoms with Gasteiger partial charge in [-0.3, -0.25) is 0 Å². The van der Waals surface area contributed by atoms with Gasteiger partial charge in [0.15, 0.2) is 0 Å². The molecule has 0 saturated heterocycles. The zero-order valence-electron chi connectivity index (χ0n) is 9.66. The molecule has 1 aliphatic carbocycles. The Hall–Kier alpha value is -1.22. The van der Waals surface area contributed by atoms with Gasteiger partial charge in [-0.25, -0.2) is 0 Å². The summed E-state index contributed by atoms with van der Waals surface area (Å²) in [4.78, 5) is 0. The molecule has 1 nitrogen and oxygen atoms in total. The minimum Gasteiger partial charge on any atom is -0.371 e. The molecule has 0 radical (unpaired) electrons. The van der Waals surface area contributed by atoms with Gasteiger partial charge < -0.3 is 4.74 Å². The third-order valence-electron chi connectivity index (χ3n) is 3.03. The lowest BCUT2D eigenvalue weighted by Crippen LogP contribution is -2.24. The molecule has 0 unspecified atom stereocenters. The van der Waals surface area contributed by atoms with Crippen LogP contribution >= 0.6 is 0 Å². The van der Waals surface area contributed by atoms with Crippen molar-refractivity contribution in [2.24, 2.45) is 0 Å². The quantitative estimate of drug-likeness (QED) is 0.723. The first kappa shape index (κ1) is 12.2. The number of rotatable bonds is 4. The summed E-state index contributed by atoms with van der Waals surface area (Å²) in [6, 6.07) is 7.80. The van der Waals surface area contributed by atoms with Crippen LogP contribution in [0.25, 0.3) is 0 Å². The van der Waals surface area contributed by atoms with Crippen LogP contribution in [0.1, 0.15) is 24.8 Å². The SMILES string of the molecule is C=C1CC[C@@H](OCC(F)(F)c2ccccc2)C1. The lowest BCUT2D eigenvalue weighted by atomic mass is 10.1. The maximum Gasteiger partial charge on any atom is 0.296 e. The van der Waals surface area contributed by atoms with Gasteiger partial charge in [-0.2, -0.15) is 8.78 Å². The Labute approximate surface area is 100 Å². The number of hydrogen-bond acceptors (Lipinski definition) is 1. The summed E-state index contributed by atoms with van der Waals surface area (Å²) in [5, 5.41) is 0. The zero-order valence-corrected chi connectivity index (χ0v) is 9.66. The standard InChI is InChI=1S/C14H16F2O/c1-11-7-8-13(9-11)17-10-14(15,16)12-5-3-2-4-6-12/h2-6,13H,1,7-10H2/t13-/m1/s1. The molecular formula is C14H16F2O. The average molecular weight is 238 g/mol. The molecule has 1 fully saturated rings. The molecule has 1 aliphatic rings. The van der Waals surface area contributed by atoms with Crippen molar-refractivity contribution in [3.63, 3.8) is 0 Å². The maximum absolute atomic E-state index is 13.8. The van der Waals surface area contributed by atoms with Crippen molar-refractivity contribution >= 4 is 0 Å². The van der Waals surface area contributed by atoms with Gasteiger partial charge in [0.1, 0.15) is 6.61 Å². The number of ether oxygens (including phenoxy) is 1. The maximum atomic E-state index is 13.8. The average Bonchev–Trinajstić information content (AvgIpc) is 2.74. The van der Waals surface area contributed by atoms with E-state index in [1.165, 1.54) is 12.1 Å². The monoisotopic (exact) mass is 238 g/mol. The molecule has 0 N–H and O–H groups in total. The summed E-state index contributed by atoms with van der Waals surface area (Å²) in [5.41, 5.74) is 1.11. The van der Waals surface area contributed by atoms with E-state index < -0.39 is 12.5 Å². The molecule has 1 aromatic carbocycles. The molecule has 1 atom stereocenters. The Morgan fingerprint density at radius 3 is 2.59 bits per heavy atom. The highest BCUT2D eigenvalue weighted by Crippen LogP contribution is 2.31. The van der Waals surface area contributed by atoms with Crippen LogP contribution in [0.5, 0.6) is 0 Å². The predicted molar refractivity (Wildman–Crippen MR) is 63.1 cm³/mol.